The molecular formula is C16H16N2O2S. The highest BCUT2D eigenvalue weighted by molar-refractivity contribution is 7.09. The summed E-state index contributed by atoms with van der Waals surface area (Å²) < 4.78 is 0. The normalized spacial score (nSPS) is 13.7. The maximum absolute atomic E-state index is 12.4. The molecule has 0 saturated carbocycles. The zero-order chi connectivity index (χ0) is 14.7. The number of para-hydroxylation sites is 2. The van der Waals surface area contributed by atoms with Crippen LogP contribution in [0.2, 0.25) is 0 Å². The maximum Gasteiger partial charge on any atom is 0.244 e. The van der Waals surface area contributed by atoms with Crippen molar-refractivity contribution in [1.82, 2.24) is 0 Å². The van der Waals surface area contributed by atoms with Crippen molar-refractivity contribution >= 4 is 34.5 Å². The van der Waals surface area contributed by atoms with Crippen LogP contribution in [-0.2, 0) is 16.0 Å². The van der Waals surface area contributed by atoms with Crippen molar-refractivity contribution in [2.45, 2.75) is 19.3 Å². The average molecular weight is 300 g/mol. The molecule has 0 bridgehead atoms. The van der Waals surface area contributed by atoms with Crippen LogP contribution in [-0.4, -0.2) is 18.4 Å². The van der Waals surface area contributed by atoms with Gasteiger partial charge in [0.2, 0.25) is 11.8 Å². The monoisotopic (exact) mass is 300 g/mol. The molecule has 0 atom stereocenters. The van der Waals surface area contributed by atoms with E-state index in [0.29, 0.717) is 12.1 Å². The lowest BCUT2D eigenvalue weighted by Crippen LogP contribution is -2.42. The fraction of sp³-hybridized carbons (Fsp3) is 0.250. The van der Waals surface area contributed by atoms with Crippen molar-refractivity contribution in [1.29, 1.82) is 0 Å². The Hall–Kier alpha value is -2.14. The Labute approximate surface area is 127 Å². The van der Waals surface area contributed by atoms with E-state index in [1.807, 2.05) is 35.7 Å². The van der Waals surface area contributed by atoms with Gasteiger partial charge in [-0.1, -0.05) is 18.2 Å². The fourth-order valence-corrected chi connectivity index (χ4v) is 3.21. The molecule has 4 nitrogen and oxygen atoms in total. The number of anilines is 2. The van der Waals surface area contributed by atoms with Crippen molar-refractivity contribution in [3.05, 3.63) is 46.7 Å². The second-order valence-corrected chi connectivity index (χ2v) is 6.01. The summed E-state index contributed by atoms with van der Waals surface area (Å²) in [5.74, 6) is -0.130. The predicted octanol–water partition coefficient (Wildman–Crippen LogP) is 3.06. The molecule has 1 aromatic carbocycles. The van der Waals surface area contributed by atoms with Crippen molar-refractivity contribution < 1.29 is 9.59 Å². The number of hydrogen-bond donors (Lipinski definition) is 1. The number of benzene rings is 1. The van der Waals surface area contributed by atoms with Crippen LogP contribution in [0.25, 0.3) is 0 Å². The minimum atomic E-state index is -0.139. The molecule has 108 valence electrons. The largest absolute Gasteiger partial charge is 0.323 e. The quantitative estimate of drug-likeness (QED) is 0.943. The molecule has 5 heteroatoms. The zero-order valence-corrected chi connectivity index (χ0v) is 12.4. The first-order chi connectivity index (χ1) is 10.2. The Balaban J connectivity index is 1.65. The lowest BCUT2D eigenvalue weighted by Gasteiger charge is -2.29. The lowest BCUT2D eigenvalue weighted by molar-refractivity contribution is -0.122. The molecule has 2 heterocycles. The molecule has 2 amide bonds. The van der Waals surface area contributed by atoms with Gasteiger partial charge in [0.05, 0.1) is 11.4 Å². The van der Waals surface area contributed by atoms with Crippen LogP contribution in [0.15, 0.2) is 41.8 Å². The first kappa shape index (κ1) is 13.8. The molecular weight excluding hydrogens is 284 g/mol. The Morgan fingerprint density at radius 1 is 1.24 bits per heavy atom. The van der Waals surface area contributed by atoms with Gasteiger partial charge >= 0.3 is 0 Å². The number of hydrogen-bond acceptors (Lipinski definition) is 3. The second kappa shape index (κ2) is 6.10. The smallest absolute Gasteiger partial charge is 0.244 e. The van der Waals surface area contributed by atoms with Gasteiger partial charge in [-0.3, -0.25) is 9.59 Å². The van der Waals surface area contributed by atoms with Gasteiger partial charge in [-0.2, -0.15) is 0 Å². The summed E-state index contributed by atoms with van der Waals surface area (Å²) in [6, 6.07) is 11.5. The molecule has 0 radical (unpaired) electrons. The van der Waals surface area contributed by atoms with Gasteiger partial charge in [0.1, 0.15) is 6.54 Å². The summed E-state index contributed by atoms with van der Waals surface area (Å²) in [4.78, 5) is 27.0. The first-order valence-corrected chi connectivity index (χ1v) is 7.83. The van der Waals surface area contributed by atoms with Gasteiger partial charge in [-0.05, 0) is 36.4 Å². The molecule has 0 fully saturated rings. The highest BCUT2D eigenvalue weighted by atomic mass is 32.1. The third-order valence-corrected chi connectivity index (χ3v) is 4.40. The third kappa shape index (κ3) is 3.13. The van der Waals surface area contributed by atoms with Gasteiger partial charge in [0.15, 0.2) is 0 Å². The van der Waals surface area contributed by atoms with Crippen molar-refractivity contribution in [3.8, 4) is 0 Å². The SMILES string of the molecule is O=C1CN(C(=O)CCCc2cccs2)c2ccccc2N1. The zero-order valence-electron chi connectivity index (χ0n) is 11.5. The summed E-state index contributed by atoms with van der Waals surface area (Å²) in [6.07, 6.45) is 2.17. The van der Waals surface area contributed by atoms with Gasteiger partial charge in [0.25, 0.3) is 0 Å². The van der Waals surface area contributed by atoms with E-state index >= 15 is 0 Å². The minimum Gasteiger partial charge on any atom is -0.323 e. The van der Waals surface area contributed by atoms with E-state index in [1.165, 1.54) is 4.88 Å². The molecule has 1 aromatic heterocycles. The van der Waals surface area contributed by atoms with Crippen molar-refractivity contribution in [3.63, 3.8) is 0 Å². The Morgan fingerprint density at radius 3 is 2.90 bits per heavy atom. The number of nitrogens with one attached hydrogen (secondary N) is 1. The number of fused-ring (bicyclic) bond motifs is 1. The Morgan fingerprint density at radius 2 is 2.10 bits per heavy atom. The third-order valence-electron chi connectivity index (χ3n) is 3.47. The second-order valence-electron chi connectivity index (χ2n) is 4.98. The van der Waals surface area contributed by atoms with Crippen molar-refractivity contribution in [2.24, 2.45) is 0 Å². The number of nitrogens with zero attached hydrogens (tertiary/aromatic N) is 1. The molecule has 0 spiro atoms. The number of rotatable bonds is 4. The van der Waals surface area contributed by atoms with E-state index in [0.717, 1.165) is 18.5 Å². The van der Waals surface area contributed by atoms with Crippen LogP contribution < -0.4 is 10.2 Å². The summed E-state index contributed by atoms with van der Waals surface area (Å²) >= 11 is 1.71. The number of carbonyl (C=O) groups excluding carboxylic acids is 2. The number of amides is 2. The fourth-order valence-electron chi connectivity index (χ4n) is 2.46. The van der Waals surface area contributed by atoms with Crippen LogP contribution in [0.3, 0.4) is 0 Å². The van der Waals surface area contributed by atoms with Gasteiger partial charge in [-0.15, -0.1) is 11.3 Å². The molecule has 0 unspecified atom stereocenters. The standard InChI is InChI=1S/C16H16N2O2S/c19-15-11-18(14-8-2-1-7-13(14)17-15)16(20)9-3-5-12-6-4-10-21-12/h1-2,4,6-8,10H,3,5,9,11H2,(H,17,19). The van der Waals surface area contributed by atoms with E-state index in [2.05, 4.69) is 11.4 Å². The van der Waals surface area contributed by atoms with E-state index in [1.54, 1.807) is 16.2 Å². The first-order valence-electron chi connectivity index (χ1n) is 6.95. The Bertz CT molecular complexity index is 652. The number of carbonyl (C=O) groups is 2. The average Bonchev–Trinajstić information content (AvgIpc) is 2.99. The van der Waals surface area contributed by atoms with Gasteiger partial charge < -0.3 is 10.2 Å². The van der Waals surface area contributed by atoms with Gasteiger partial charge in [0, 0.05) is 11.3 Å². The summed E-state index contributed by atoms with van der Waals surface area (Å²) in [5.41, 5.74) is 1.50. The van der Waals surface area contributed by atoms with Crippen LogP contribution in [0.1, 0.15) is 17.7 Å². The molecule has 1 N–H and O–H groups in total. The molecule has 3 rings (SSSR count). The lowest BCUT2D eigenvalue weighted by atomic mass is 10.1. The summed E-state index contributed by atoms with van der Waals surface area (Å²) in [7, 11) is 0. The molecule has 1 aliphatic heterocycles. The minimum absolute atomic E-state index is 0.00820. The topological polar surface area (TPSA) is 49.4 Å². The molecule has 1 aliphatic rings. The Kier molecular flexibility index (Phi) is 4.01. The molecule has 0 saturated heterocycles. The van der Waals surface area contributed by atoms with E-state index in [9.17, 15) is 9.59 Å². The maximum atomic E-state index is 12.4. The predicted molar refractivity (Wildman–Crippen MR) is 84.7 cm³/mol. The van der Waals surface area contributed by atoms with Crippen LogP contribution in [0.4, 0.5) is 11.4 Å². The van der Waals surface area contributed by atoms with Crippen LogP contribution in [0.5, 0.6) is 0 Å². The van der Waals surface area contributed by atoms with E-state index < -0.39 is 0 Å². The molecule has 21 heavy (non-hydrogen) atoms. The number of aryl methyl sites for hydroxylation is 1. The van der Waals surface area contributed by atoms with E-state index in [4.69, 9.17) is 0 Å². The summed E-state index contributed by atoms with van der Waals surface area (Å²) in [6.45, 7) is 0.106. The summed E-state index contributed by atoms with van der Waals surface area (Å²) in [5, 5.41) is 4.84. The number of thiophene rings is 1. The highest BCUT2D eigenvalue weighted by Crippen LogP contribution is 2.29. The van der Waals surface area contributed by atoms with Gasteiger partial charge in [-0.25, -0.2) is 0 Å². The van der Waals surface area contributed by atoms with Crippen molar-refractivity contribution in [2.75, 3.05) is 16.8 Å². The molecule has 2 aromatic rings. The highest BCUT2D eigenvalue weighted by Gasteiger charge is 2.25. The molecule has 0 aliphatic carbocycles. The van der Waals surface area contributed by atoms with Crippen LogP contribution in [0, 0.1) is 0 Å². The van der Waals surface area contributed by atoms with E-state index in [-0.39, 0.29) is 18.4 Å². The van der Waals surface area contributed by atoms with Crippen LogP contribution >= 0.6 is 11.3 Å².